The van der Waals surface area contributed by atoms with E-state index >= 15 is 0 Å². The van der Waals surface area contributed by atoms with Gasteiger partial charge in [0, 0.05) is 10.6 Å². The number of hydrogen-bond acceptors (Lipinski definition) is 4. The first-order valence-electron chi connectivity index (χ1n) is 8.33. The molecule has 6 nitrogen and oxygen atoms in total. The molecule has 0 saturated heterocycles. The molecule has 0 radical (unpaired) electrons. The summed E-state index contributed by atoms with van der Waals surface area (Å²) >= 11 is 5.85. The van der Waals surface area contributed by atoms with Gasteiger partial charge in [0.15, 0.2) is 6.61 Å². The van der Waals surface area contributed by atoms with Crippen LogP contribution in [0.25, 0.3) is 0 Å². The summed E-state index contributed by atoms with van der Waals surface area (Å²) in [5.74, 6) is -0.905. The highest BCUT2D eigenvalue weighted by atomic mass is 35.5. The van der Waals surface area contributed by atoms with E-state index in [0.29, 0.717) is 16.1 Å². The minimum atomic E-state index is -0.769. The number of rotatable bonds is 7. The third-order valence-corrected chi connectivity index (χ3v) is 4.27. The van der Waals surface area contributed by atoms with Gasteiger partial charge in [0.05, 0.1) is 12.5 Å². The summed E-state index contributed by atoms with van der Waals surface area (Å²) in [6.07, 6.45) is -0.162. The Balaban J connectivity index is 2.00. The van der Waals surface area contributed by atoms with Gasteiger partial charge in [-0.05, 0) is 43.2 Å². The maximum atomic E-state index is 12.3. The molecule has 0 spiro atoms. The highest BCUT2D eigenvalue weighted by molar-refractivity contribution is 6.30. The minimum Gasteiger partial charge on any atom is -0.457 e. The van der Waals surface area contributed by atoms with E-state index in [1.165, 1.54) is 0 Å². The molecule has 0 aliphatic heterocycles. The van der Waals surface area contributed by atoms with Gasteiger partial charge in [-0.3, -0.25) is 9.59 Å². The van der Waals surface area contributed by atoms with Crippen molar-refractivity contribution in [2.75, 3.05) is 6.61 Å². The van der Waals surface area contributed by atoms with E-state index in [9.17, 15) is 14.4 Å². The third kappa shape index (κ3) is 6.11. The van der Waals surface area contributed by atoms with Crippen LogP contribution in [0.5, 0.6) is 0 Å². The number of primary amides is 1. The van der Waals surface area contributed by atoms with Crippen molar-refractivity contribution in [3.05, 3.63) is 69.7 Å². The van der Waals surface area contributed by atoms with Crippen LogP contribution in [-0.2, 0) is 9.53 Å². The Hall–Kier alpha value is -2.86. The normalized spacial score (nSPS) is 11.5. The number of ketones is 1. The Kier molecular flexibility index (Phi) is 6.96. The van der Waals surface area contributed by atoms with Crippen molar-refractivity contribution in [2.45, 2.75) is 26.3 Å². The second kappa shape index (κ2) is 9.19. The van der Waals surface area contributed by atoms with E-state index < -0.39 is 18.0 Å². The highest BCUT2D eigenvalue weighted by Gasteiger charge is 2.20. The number of ether oxygens (including phenoxy) is 1. The van der Waals surface area contributed by atoms with Gasteiger partial charge < -0.3 is 15.8 Å². The molecule has 3 N–H and O–H groups in total. The lowest BCUT2D eigenvalue weighted by molar-refractivity contribution is -0.143. The lowest BCUT2D eigenvalue weighted by Crippen LogP contribution is -2.34. The number of benzene rings is 2. The maximum absolute atomic E-state index is 12.3. The van der Waals surface area contributed by atoms with E-state index in [-0.39, 0.29) is 18.8 Å². The molecule has 142 valence electrons. The third-order valence-electron chi connectivity index (χ3n) is 4.02. The van der Waals surface area contributed by atoms with E-state index in [4.69, 9.17) is 22.1 Å². The van der Waals surface area contributed by atoms with Crippen molar-refractivity contribution >= 4 is 29.4 Å². The fourth-order valence-electron chi connectivity index (χ4n) is 2.60. The van der Waals surface area contributed by atoms with Gasteiger partial charge in [0.2, 0.25) is 5.78 Å². The molecular formula is C20H21ClN2O4. The number of nitrogens with one attached hydrogen (secondary N) is 1. The Morgan fingerprint density at radius 3 is 2.41 bits per heavy atom. The topological polar surface area (TPSA) is 98.5 Å². The van der Waals surface area contributed by atoms with Crippen LogP contribution in [0.2, 0.25) is 5.02 Å². The first-order valence-corrected chi connectivity index (χ1v) is 8.71. The summed E-state index contributed by atoms with van der Waals surface area (Å²) in [6, 6.07) is 10.7. The van der Waals surface area contributed by atoms with Crippen LogP contribution in [0.1, 0.15) is 39.5 Å². The molecular weight excluding hydrogens is 368 g/mol. The summed E-state index contributed by atoms with van der Waals surface area (Å²) < 4.78 is 5.10. The van der Waals surface area contributed by atoms with Crippen LogP contribution < -0.4 is 11.1 Å². The number of hydrogen-bond donors (Lipinski definition) is 2. The molecule has 27 heavy (non-hydrogen) atoms. The number of halogens is 1. The molecule has 1 atom stereocenters. The number of carbonyl (C=O) groups is 3. The van der Waals surface area contributed by atoms with Gasteiger partial charge in [-0.15, -0.1) is 0 Å². The number of nitrogens with two attached hydrogens (primary N) is 1. The smallest absolute Gasteiger partial charge is 0.312 e. The van der Waals surface area contributed by atoms with Gasteiger partial charge in [-0.2, -0.15) is 0 Å². The molecule has 2 aromatic rings. The zero-order chi connectivity index (χ0) is 20.0. The average molecular weight is 389 g/mol. The molecule has 0 bridgehead atoms. The van der Waals surface area contributed by atoms with E-state index in [1.807, 2.05) is 26.0 Å². The number of carbonyl (C=O) groups excluding carboxylic acids is 3. The van der Waals surface area contributed by atoms with Crippen molar-refractivity contribution in [3.8, 4) is 0 Å². The van der Waals surface area contributed by atoms with Gasteiger partial charge >= 0.3 is 12.0 Å². The van der Waals surface area contributed by atoms with Crippen LogP contribution in [-0.4, -0.2) is 24.4 Å². The van der Waals surface area contributed by atoms with Crippen molar-refractivity contribution in [2.24, 2.45) is 5.73 Å². The van der Waals surface area contributed by atoms with Crippen LogP contribution in [0.4, 0.5) is 4.79 Å². The number of aryl methyl sites for hydroxylation is 2. The Morgan fingerprint density at radius 1 is 1.11 bits per heavy atom. The summed E-state index contributed by atoms with van der Waals surface area (Å²) in [5.41, 5.74) is 8.12. The predicted octanol–water partition coefficient (Wildman–Crippen LogP) is 3.48. The SMILES string of the molecule is Cc1ccc(C)c(C(=O)COC(=O)C[C@@H](NC(N)=O)c2ccc(Cl)cc2)c1. The fourth-order valence-corrected chi connectivity index (χ4v) is 2.73. The standard InChI is InChI=1S/C20H21ClN2O4/c1-12-3-4-13(2)16(9-12)18(24)11-27-19(25)10-17(23-20(22)26)14-5-7-15(21)8-6-14/h3-9,17H,10-11H2,1-2H3,(H3,22,23,26)/t17-/m1/s1. The molecule has 0 fully saturated rings. The largest absolute Gasteiger partial charge is 0.457 e. The first-order chi connectivity index (χ1) is 12.8. The molecule has 2 amide bonds. The number of esters is 1. The molecule has 2 rings (SSSR count). The van der Waals surface area contributed by atoms with Gasteiger partial charge in [0.25, 0.3) is 0 Å². The molecule has 0 aliphatic carbocycles. The molecule has 2 aromatic carbocycles. The van der Waals surface area contributed by atoms with Crippen molar-refractivity contribution in [1.29, 1.82) is 0 Å². The monoisotopic (exact) mass is 388 g/mol. The van der Waals surface area contributed by atoms with Crippen LogP contribution in [0.15, 0.2) is 42.5 Å². The Bertz CT molecular complexity index is 850. The second-order valence-corrected chi connectivity index (χ2v) is 6.66. The minimum absolute atomic E-state index is 0.162. The number of amides is 2. The van der Waals surface area contributed by atoms with Gasteiger partial charge in [-0.25, -0.2) is 4.79 Å². The van der Waals surface area contributed by atoms with Gasteiger partial charge in [0.1, 0.15) is 0 Å². The zero-order valence-electron chi connectivity index (χ0n) is 15.1. The quantitative estimate of drug-likeness (QED) is 0.560. The summed E-state index contributed by atoms with van der Waals surface area (Å²) in [4.78, 5) is 35.7. The van der Waals surface area contributed by atoms with Crippen LogP contribution >= 0.6 is 11.6 Å². The lowest BCUT2D eigenvalue weighted by atomic mass is 10.0. The zero-order valence-corrected chi connectivity index (χ0v) is 15.9. The van der Waals surface area contributed by atoms with Crippen molar-refractivity contribution in [3.63, 3.8) is 0 Å². The molecule has 0 heterocycles. The van der Waals surface area contributed by atoms with Crippen molar-refractivity contribution in [1.82, 2.24) is 5.32 Å². The summed E-state index contributed by atoms with van der Waals surface area (Å²) in [5, 5.41) is 3.02. The number of urea groups is 1. The maximum Gasteiger partial charge on any atom is 0.312 e. The molecule has 0 saturated carbocycles. The van der Waals surface area contributed by atoms with E-state index in [1.54, 1.807) is 30.3 Å². The predicted molar refractivity (Wildman–Crippen MR) is 103 cm³/mol. The average Bonchev–Trinajstić information content (AvgIpc) is 2.61. The first kappa shape index (κ1) is 20.5. The number of Topliss-reactive ketones (excluding diaryl/α,β-unsaturated/α-hetero) is 1. The van der Waals surface area contributed by atoms with E-state index in [0.717, 1.165) is 11.1 Å². The van der Waals surface area contributed by atoms with Crippen LogP contribution in [0, 0.1) is 13.8 Å². The second-order valence-electron chi connectivity index (χ2n) is 6.22. The summed E-state index contributed by atoms with van der Waals surface area (Å²) in [6.45, 7) is 3.34. The van der Waals surface area contributed by atoms with Crippen LogP contribution in [0.3, 0.4) is 0 Å². The fraction of sp³-hybridized carbons (Fsp3) is 0.250. The van der Waals surface area contributed by atoms with Gasteiger partial charge in [-0.1, -0.05) is 41.4 Å². The van der Waals surface area contributed by atoms with E-state index in [2.05, 4.69) is 5.32 Å². The van der Waals surface area contributed by atoms with Crippen molar-refractivity contribution < 1.29 is 19.1 Å². The Morgan fingerprint density at radius 2 is 1.78 bits per heavy atom. The molecule has 0 aromatic heterocycles. The Labute approximate surface area is 162 Å². The molecule has 0 aliphatic rings. The molecule has 0 unspecified atom stereocenters. The highest BCUT2D eigenvalue weighted by Crippen LogP contribution is 2.20. The summed E-state index contributed by atoms with van der Waals surface area (Å²) in [7, 11) is 0. The molecule has 7 heteroatoms. The lowest BCUT2D eigenvalue weighted by Gasteiger charge is -2.17.